The van der Waals surface area contributed by atoms with Gasteiger partial charge in [-0.3, -0.25) is 0 Å². The number of rotatable bonds is 3. The van der Waals surface area contributed by atoms with Gasteiger partial charge in [-0.25, -0.2) is 0 Å². The van der Waals surface area contributed by atoms with Crippen LogP contribution in [0.2, 0.25) is 0 Å². The quantitative estimate of drug-likeness (QED) is 0.632. The second-order valence-corrected chi connectivity index (χ2v) is 4.21. The first-order valence-corrected chi connectivity index (χ1v) is 5.81. The summed E-state index contributed by atoms with van der Waals surface area (Å²) in [5.74, 6) is 0. The lowest BCUT2D eigenvalue weighted by atomic mass is 9.98. The lowest BCUT2D eigenvalue weighted by molar-refractivity contribution is 0.851. The molecule has 1 atom stereocenters. The summed E-state index contributed by atoms with van der Waals surface area (Å²) < 4.78 is 0. The molecule has 0 fully saturated rings. The van der Waals surface area contributed by atoms with Gasteiger partial charge in [0.1, 0.15) is 0 Å². The minimum atomic E-state index is 0.759. The van der Waals surface area contributed by atoms with Crippen molar-refractivity contribution in [3.63, 3.8) is 0 Å². The van der Waals surface area contributed by atoms with Crippen LogP contribution in [0.4, 0.5) is 0 Å². The Labute approximate surface area is 80.1 Å². The Kier molecular flexibility index (Phi) is 3.93. The largest absolute Gasteiger partial charge is 0.126 e. The van der Waals surface area contributed by atoms with Crippen molar-refractivity contribution in [3.8, 4) is 0 Å². The summed E-state index contributed by atoms with van der Waals surface area (Å²) in [5, 5.41) is 3.02. The topological polar surface area (TPSA) is 0 Å². The number of allylic oxidation sites excluding steroid dienone is 2. The maximum atomic E-state index is 2.29. The van der Waals surface area contributed by atoms with Crippen molar-refractivity contribution in [2.75, 3.05) is 0 Å². The molecule has 0 aromatic rings. The van der Waals surface area contributed by atoms with Gasteiger partial charge in [-0.05, 0) is 30.2 Å². The summed E-state index contributed by atoms with van der Waals surface area (Å²) in [4.78, 5) is 0. The van der Waals surface area contributed by atoms with Crippen molar-refractivity contribution in [1.29, 1.82) is 0 Å². The first-order valence-electron chi connectivity index (χ1n) is 4.87. The van der Waals surface area contributed by atoms with Crippen molar-refractivity contribution in [3.05, 3.63) is 22.6 Å². The Morgan fingerprint density at radius 3 is 2.50 bits per heavy atom. The Bertz CT molecular complexity index is 201. The Hall–Kier alpha value is -0.170. The highest BCUT2D eigenvalue weighted by atomic mass is 32.2. The maximum Gasteiger partial charge on any atom is 0.0300 e. The van der Waals surface area contributed by atoms with E-state index in [2.05, 4.69) is 32.3 Å². The first-order chi connectivity index (χ1) is 5.83. The fourth-order valence-corrected chi connectivity index (χ4v) is 2.86. The molecule has 0 saturated carbocycles. The average Bonchev–Trinajstić information content (AvgIpc) is 2.16. The molecule has 1 rings (SSSR count). The monoisotopic (exact) mass is 182 g/mol. The van der Waals surface area contributed by atoms with E-state index in [1.165, 1.54) is 19.3 Å². The van der Waals surface area contributed by atoms with E-state index < -0.39 is 0 Å². The van der Waals surface area contributed by atoms with Gasteiger partial charge in [0.25, 0.3) is 0 Å². The summed E-state index contributed by atoms with van der Waals surface area (Å²) in [7, 11) is 0. The van der Waals surface area contributed by atoms with E-state index in [1.54, 1.807) is 11.1 Å². The van der Waals surface area contributed by atoms with Gasteiger partial charge in [0.2, 0.25) is 0 Å². The van der Waals surface area contributed by atoms with Gasteiger partial charge in [-0.1, -0.05) is 32.4 Å². The van der Waals surface area contributed by atoms with Crippen LogP contribution < -0.4 is 0 Å². The van der Waals surface area contributed by atoms with Crippen LogP contribution in [0.3, 0.4) is 0 Å². The number of hydrogen-bond acceptors (Lipinski definition) is 1. The smallest absolute Gasteiger partial charge is 0.0300 e. The predicted octanol–water partition coefficient (Wildman–Crippen LogP) is 4.14. The molecule has 0 spiro atoms. The molecular weight excluding hydrogens is 164 g/mol. The molecule has 0 aromatic heterocycles. The zero-order valence-electron chi connectivity index (χ0n) is 8.26. The highest BCUT2D eigenvalue weighted by molar-refractivity contribution is 8.03. The molecular formula is C11H18S. The average molecular weight is 182 g/mol. The van der Waals surface area contributed by atoms with E-state index in [1.807, 2.05) is 11.8 Å². The molecule has 1 unspecified atom stereocenters. The molecule has 0 saturated heterocycles. The standard InChI is InChI=1S/C11H18S/c1-4-9-7-8-12-11(6-3)10(9)5-2/h7-8,11H,4-6H2,1-3H3. The van der Waals surface area contributed by atoms with E-state index in [0.29, 0.717) is 0 Å². The van der Waals surface area contributed by atoms with Crippen LogP contribution in [0.5, 0.6) is 0 Å². The van der Waals surface area contributed by atoms with Crippen LogP contribution in [0, 0.1) is 0 Å². The molecule has 1 heteroatoms. The summed E-state index contributed by atoms with van der Waals surface area (Å²) >= 11 is 1.98. The van der Waals surface area contributed by atoms with Gasteiger partial charge in [0.05, 0.1) is 0 Å². The highest BCUT2D eigenvalue weighted by Gasteiger charge is 2.15. The molecule has 1 heterocycles. The van der Waals surface area contributed by atoms with Gasteiger partial charge in [0.15, 0.2) is 0 Å². The molecule has 0 aliphatic carbocycles. The van der Waals surface area contributed by atoms with Crippen LogP contribution >= 0.6 is 11.8 Å². The fraction of sp³-hybridized carbons (Fsp3) is 0.636. The summed E-state index contributed by atoms with van der Waals surface area (Å²) in [6, 6.07) is 0. The molecule has 0 bridgehead atoms. The minimum absolute atomic E-state index is 0.759. The molecule has 12 heavy (non-hydrogen) atoms. The molecule has 0 aromatic carbocycles. The van der Waals surface area contributed by atoms with Crippen LogP contribution in [0.25, 0.3) is 0 Å². The summed E-state index contributed by atoms with van der Waals surface area (Å²) in [5.41, 5.74) is 3.25. The molecule has 0 amide bonds. The van der Waals surface area contributed by atoms with Crippen LogP contribution in [0.1, 0.15) is 40.0 Å². The van der Waals surface area contributed by atoms with E-state index in [-0.39, 0.29) is 0 Å². The molecule has 0 radical (unpaired) electrons. The van der Waals surface area contributed by atoms with E-state index in [9.17, 15) is 0 Å². The second kappa shape index (κ2) is 4.76. The molecule has 68 valence electrons. The maximum absolute atomic E-state index is 2.29. The predicted molar refractivity (Wildman–Crippen MR) is 58.4 cm³/mol. The van der Waals surface area contributed by atoms with E-state index in [4.69, 9.17) is 0 Å². The van der Waals surface area contributed by atoms with Crippen molar-refractivity contribution in [1.82, 2.24) is 0 Å². The van der Waals surface area contributed by atoms with E-state index >= 15 is 0 Å². The lowest BCUT2D eigenvalue weighted by Crippen LogP contribution is -2.08. The van der Waals surface area contributed by atoms with Gasteiger partial charge < -0.3 is 0 Å². The second-order valence-electron chi connectivity index (χ2n) is 3.09. The SMILES string of the molecule is CCC1=C(CC)C(CC)SC=C1. The van der Waals surface area contributed by atoms with Crippen LogP contribution in [-0.4, -0.2) is 5.25 Å². The molecule has 1 aliphatic rings. The van der Waals surface area contributed by atoms with E-state index in [0.717, 1.165) is 5.25 Å². The zero-order chi connectivity index (χ0) is 8.97. The third-order valence-corrected chi connectivity index (χ3v) is 3.69. The number of thioether (sulfide) groups is 1. The zero-order valence-corrected chi connectivity index (χ0v) is 9.08. The van der Waals surface area contributed by atoms with Crippen molar-refractivity contribution in [2.45, 2.75) is 45.3 Å². The normalized spacial score (nSPS) is 23.4. The minimum Gasteiger partial charge on any atom is -0.126 e. The third-order valence-electron chi connectivity index (χ3n) is 2.45. The summed E-state index contributed by atoms with van der Waals surface area (Å²) in [6.45, 7) is 6.80. The Balaban J connectivity index is 2.85. The highest BCUT2D eigenvalue weighted by Crippen LogP contribution is 2.33. The third kappa shape index (κ3) is 1.95. The summed E-state index contributed by atoms with van der Waals surface area (Å²) in [6.07, 6.45) is 5.97. The molecule has 1 aliphatic heterocycles. The van der Waals surface area contributed by atoms with Crippen LogP contribution in [0.15, 0.2) is 22.6 Å². The first kappa shape index (κ1) is 9.91. The Morgan fingerprint density at radius 1 is 1.25 bits per heavy atom. The number of hydrogen-bond donors (Lipinski definition) is 0. The van der Waals surface area contributed by atoms with Gasteiger partial charge >= 0.3 is 0 Å². The molecule has 0 nitrogen and oxygen atoms in total. The lowest BCUT2D eigenvalue weighted by Gasteiger charge is -2.22. The van der Waals surface area contributed by atoms with Crippen molar-refractivity contribution in [2.24, 2.45) is 0 Å². The van der Waals surface area contributed by atoms with Crippen molar-refractivity contribution < 1.29 is 0 Å². The van der Waals surface area contributed by atoms with Gasteiger partial charge in [0, 0.05) is 5.25 Å². The Morgan fingerprint density at radius 2 is 2.00 bits per heavy atom. The van der Waals surface area contributed by atoms with Gasteiger partial charge in [-0.2, -0.15) is 0 Å². The van der Waals surface area contributed by atoms with Crippen molar-refractivity contribution >= 4 is 11.8 Å². The fourth-order valence-electron chi connectivity index (χ4n) is 1.75. The van der Waals surface area contributed by atoms with Crippen LogP contribution in [-0.2, 0) is 0 Å². The molecule has 0 N–H and O–H groups in total. The van der Waals surface area contributed by atoms with Gasteiger partial charge in [-0.15, -0.1) is 11.8 Å².